The first kappa shape index (κ1) is 19.0. The van der Waals surface area contributed by atoms with Crippen LogP contribution >= 0.6 is 9.24 Å². The molecule has 0 heterocycles. The second-order valence-corrected chi connectivity index (χ2v) is 9.83. The molecule has 3 aliphatic rings. The Kier molecular flexibility index (Phi) is 6.55. The molecule has 140 valence electrons. The largest absolute Gasteiger partial charge is 0.247 e. The zero-order valence-corrected chi connectivity index (χ0v) is 16.1. The number of hydrogen-bond acceptors (Lipinski definition) is 0. The molecule has 4 heteroatoms. The van der Waals surface area contributed by atoms with Gasteiger partial charge in [0.2, 0.25) is 0 Å². The maximum absolute atomic E-state index is 15.0. The number of alkyl halides is 3. The van der Waals surface area contributed by atoms with Gasteiger partial charge in [-0.05, 0) is 81.0 Å². The molecule has 0 spiro atoms. The summed E-state index contributed by atoms with van der Waals surface area (Å²) in [6.07, 6.45) is 5.92. The highest BCUT2D eigenvalue weighted by Gasteiger charge is 2.42. The van der Waals surface area contributed by atoms with Gasteiger partial charge < -0.3 is 0 Å². The van der Waals surface area contributed by atoms with Gasteiger partial charge in [0.1, 0.15) is 18.5 Å². The van der Waals surface area contributed by atoms with Crippen LogP contribution in [0.2, 0.25) is 0 Å². The third kappa shape index (κ3) is 4.30. The molecule has 0 bridgehead atoms. The van der Waals surface area contributed by atoms with Crippen LogP contribution in [0.15, 0.2) is 0 Å². The SMILES string of the molecule is CC1CCC(C2CCC(C3CCC(F)C(F)C(P)C3)C(F)C2)CC1. The monoisotopic (exact) mass is 362 g/mol. The van der Waals surface area contributed by atoms with E-state index >= 15 is 0 Å². The first-order valence-corrected chi connectivity index (χ1v) is 10.8. The molecule has 0 aromatic rings. The summed E-state index contributed by atoms with van der Waals surface area (Å²) < 4.78 is 42.7. The molecule has 0 aromatic carbocycles. The standard InChI is InChI=1S/C20H34F3P/c1-12-2-4-13(5-3-12)14-6-8-16(18(22)10-14)15-7-9-17(21)20(23)19(24)11-15/h12-20H,2-11,24H2,1H3. The van der Waals surface area contributed by atoms with Gasteiger partial charge in [-0.1, -0.05) is 19.8 Å². The highest BCUT2D eigenvalue weighted by atomic mass is 31.0. The van der Waals surface area contributed by atoms with E-state index in [0.717, 1.165) is 24.7 Å². The minimum atomic E-state index is -1.39. The lowest BCUT2D eigenvalue weighted by molar-refractivity contribution is 0.0450. The van der Waals surface area contributed by atoms with Gasteiger partial charge in [0, 0.05) is 5.66 Å². The average molecular weight is 362 g/mol. The Labute approximate surface area is 147 Å². The summed E-state index contributed by atoms with van der Waals surface area (Å²) in [5, 5.41) is 0. The molecule has 24 heavy (non-hydrogen) atoms. The lowest BCUT2D eigenvalue weighted by Gasteiger charge is -2.41. The van der Waals surface area contributed by atoms with Crippen molar-refractivity contribution in [2.45, 2.75) is 95.3 Å². The lowest BCUT2D eigenvalue weighted by Crippen LogP contribution is -2.36. The molecule has 0 saturated heterocycles. The van der Waals surface area contributed by atoms with E-state index in [2.05, 4.69) is 16.2 Å². The fourth-order valence-corrected chi connectivity index (χ4v) is 6.26. The van der Waals surface area contributed by atoms with E-state index in [1.54, 1.807) is 0 Å². The fraction of sp³-hybridized carbons (Fsp3) is 1.00. The summed E-state index contributed by atoms with van der Waals surface area (Å²) in [6, 6.07) is 0. The van der Waals surface area contributed by atoms with Crippen molar-refractivity contribution in [2.24, 2.45) is 29.6 Å². The van der Waals surface area contributed by atoms with Crippen molar-refractivity contribution in [3.8, 4) is 0 Å². The van der Waals surface area contributed by atoms with Crippen LogP contribution in [0.4, 0.5) is 13.2 Å². The smallest absolute Gasteiger partial charge is 0.137 e. The maximum atomic E-state index is 15.0. The van der Waals surface area contributed by atoms with Crippen LogP contribution in [0.25, 0.3) is 0 Å². The third-order valence-corrected chi connectivity index (χ3v) is 7.98. The third-order valence-electron chi connectivity index (χ3n) is 7.34. The Hall–Kier alpha value is 0.220. The quantitative estimate of drug-likeness (QED) is 0.400. The molecule has 0 radical (unpaired) electrons. The summed E-state index contributed by atoms with van der Waals surface area (Å²) in [4.78, 5) is 0. The Bertz CT molecular complexity index is 396. The van der Waals surface area contributed by atoms with Gasteiger partial charge in [-0.15, -0.1) is 9.24 Å². The van der Waals surface area contributed by atoms with Gasteiger partial charge in [-0.3, -0.25) is 0 Å². The first-order valence-electron chi connectivity index (χ1n) is 10.1. The summed E-state index contributed by atoms with van der Waals surface area (Å²) in [5.41, 5.74) is -0.350. The number of rotatable bonds is 2. The number of halogens is 3. The molecule has 3 aliphatic carbocycles. The predicted molar refractivity (Wildman–Crippen MR) is 97.5 cm³/mol. The zero-order valence-electron chi connectivity index (χ0n) is 15.0. The highest BCUT2D eigenvalue weighted by molar-refractivity contribution is 7.17. The molecule has 3 saturated carbocycles. The van der Waals surface area contributed by atoms with Gasteiger partial charge in [0.25, 0.3) is 0 Å². The summed E-state index contributed by atoms with van der Waals surface area (Å²) in [6.45, 7) is 2.33. The van der Waals surface area contributed by atoms with Crippen LogP contribution in [0.3, 0.4) is 0 Å². The van der Waals surface area contributed by atoms with Crippen molar-refractivity contribution >= 4 is 9.24 Å². The predicted octanol–water partition coefficient (Wildman–Crippen LogP) is 6.29. The molecule has 8 unspecified atom stereocenters. The van der Waals surface area contributed by atoms with Crippen LogP contribution in [0, 0.1) is 29.6 Å². The molecule has 8 atom stereocenters. The van der Waals surface area contributed by atoms with Crippen molar-refractivity contribution in [2.75, 3.05) is 0 Å². The normalized spacial score (nSPS) is 51.1. The molecule has 0 amide bonds. The van der Waals surface area contributed by atoms with E-state index < -0.39 is 18.5 Å². The molecule has 3 rings (SSSR count). The second-order valence-electron chi connectivity index (χ2n) is 8.97. The molecule has 0 aromatic heterocycles. The van der Waals surface area contributed by atoms with Crippen molar-refractivity contribution in [1.29, 1.82) is 0 Å². The highest BCUT2D eigenvalue weighted by Crippen LogP contribution is 2.47. The van der Waals surface area contributed by atoms with E-state index in [0.29, 0.717) is 25.2 Å². The molecule has 0 nitrogen and oxygen atoms in total. The van der Waals surface area contributed by atoms with E-state index in [1.807, 2.05) is 0 Å². The van der Waals surface area contributed by atoms with Crippen molar-refractivity contribution in [3.63, 3.8) is 0 Å². The van der Waals surface area contributed by atoms with Crippen LogP contribution in [-0.4, -0.2) is 24.2 Å². The fourth-order valence-electron chi connectivity index (χ4n) is 5.67. The number of hydrogen-bond donors (Lipinski definition) is 0. The summed E-state index contributed by atoms with van der Waals surface area (Å²) in [7, 11) is 2.47. The van der Waals surface area contributed by atoms with E-state index in [4.69, 9.17) is 0 Å². The summed E-state index contributed by atoms with van der Waals surface area (Å²) >= 11 is 0. The van der Waals surface area contributed by atoms with Crippen molar-refractivity contribution in [1.82, 2.24) is 0 Å². The maximum Gasteiger partial charge on any atom is 0.137 e. The zero-order chi connectivity index (χ0) is 17.3. The van der Waals surface area contributed by atoms with Gasteiger partial charge >= 0.3 is 0 Å². The second kappa shape index (κ2) is 8.28. The minimum Gasteiger partial charge on any atom is -0.247 e. The average Bonchev–Trinajstić information content (AvgIpc) is 2.69. The van der Waals surface area contributed by atoms with Gasteiger partial charge in [0.15, 0.2) is 0 Å². The molecule has 0 N–H and O–H groups in total. The minimum absolute atomic E-state index is 0.0318. The van der Waals surface area contributed by atoms with Crippen LogP contribution in [-0.2, 0) is 0 Å². The Morgan fingerprint density at radius 2 is 1.29 bits per heavy atom. The lowest BCUT2D eigenvalue weighted by atomic mass is 9.66. The van der Waals surface area contributed by atoms with Gasteiger partial charge in [0.05, 0.1) is 0 Å². The first-order chi connectivity index (χ1) is 11.5. The van der Waals surface area contributed by atoms with E-state index in [9.17, 15) is 13.2 Å². The Balaban J connectivity index is 1.55. The summed E-state index contributed by atoms with van der Waals surface area (Å²) in [5.74, 6) is 2.29. The van der Waals surface area contributed by atoms with Crippen LogP contribution in [0.1, 0.15) is 71.1 Å². The molecule has 0 aliphatic heterocycles. The van der Waals surface area contributed by atoms with Crippen LogP contribution in [0.5, 0.6) is 0 Å². The molecular weight excluding hydrogens is 328 g/mol. The Morgan fingerprint density at radius 1 is 0.667 bits per heavy atom. The molecule has 3 fully saturated rings. The van der Waals surface area contributed by atoms with E-state index in [-0.39, 0.29) is 23.9 Å². The van der Waals surface area contributed by atoms with Crippen LogP contribution < -0.4 is 0 Å². The van der Waals surface area contributed by atoms with Gasteiger partial charge in [-0.25, -0.2) is 13.2 Å². The van der Waals surface area contributed by atoms with Gasteiger partial charge in [-0.2, -0.15) is 0 Å². The topological polar surface area (TPSA) is 0 Å². The Morgan fingerprint density at radius 3 is 1.96 bits per heavy atom. The van der Waals surface area contributed by atoms with Crippen molar-refractivity contribution in [3.05, 3.63) is 0 Å². The van der Waals surface area contributed by atoms with Crippen molar-refractivity contribution < 1.29 is 13.2 Å². The van der Waals surface area contributed by atoms with E-state index in [1.165, 1.54) is 25.7 Å². The molecular formula is C20H34F3P.